The van der Waals surface area contributed by atoms with Crippen molar-refractivity contribution in [2.24, 2.45) is 5.14 Å². The Kier molecular flexibility index (Phi) is 7.64. The molecule has 10 nitrogen and oxygen atoms in total. The molecule has 0 bridgehead atoms. The van der Waals surface area contributed by atoms with Crippen molar-refractivity contribution < 1.29 is 21.6 Å². The van der Waals surface area contributed by atoms with Gasteiger partial charge in [-0.05, 0) is 66.6 Å². The zero-order valence-corrected chi connectivity index (χ0v) is 19.4. The second-order valence-electron chi connectivity index (χ2n) is 7.13. The first-order valence-electron chi connectivity index (χ1n) is 9.86. The fraction of sp³-hybridized carbons (Fsp3) is 0.0909. The normalized spacial score (nSPS) is 11.4. The van der Waals surface area contributed by atoms with Gasteiger partial charge in [-0.25, -0.2) is 31.5 Å². The number of hydrogen-bond donors (Lipinski definition) is 4. The summed E-state index contributed by atoms with van der Waals surface area (Å²) in [5.74, 6) is 0. The van der Waals surface area contributed by atoms with Crippen molar-refractivity contribution in [3.05, 3.63) is 83.9 Å². The summed E-state index contributed by atoms with van der Waals surface area (Å²) in [6, 6.07) is 19.3. The number of hydrogen-bond acceptors (Lipinski definition) is 6. The smallest absolute Gasteiger partial charge is 0.308 e. The SMILES string of the molecule is N#Cc1cccc(NC(=O)Nc2ccc(S(=O)(=O)NCCc3ccc(S(N)(=O)=O)cc3)cc2)c1. The molecule has 0 fully saturated rings. The summed E-state index contributed by atoms with van der Waals surface area (Å²) >= 11 is 0. The van der Waals surface area contributed by atoms with Crippen LogP contribution in [0.1, 0.15) is 11.1 Å². The average molecular weight is 500 g/mol. The lowest BCUT2D eigenvalue weighted by Gasteiger charge is -2.10. The number of sulfonamides is 2. The monoisotopic (exact) mass is 499 g/mol. The molecule has 0 unspecified atom stereocenters. The van der Waals surface area contributed by atoms with E-state index in [9.17, 15) is 21.6 Å². The number of nitrogens with two attached hydrogens (primary N) is 1. The lowest BCUT2D eigenvalue weighted by Crippen LogP contribution is -2.26. The summed E-state index contributed by atoms with van der Waals surface area (Å²) in [5.41, 5.74) is 1.96. The molecule has 0 aliphatic rings. The van der Waals surface area contributed by atoms with Gasteiger partial charge in [-0.3, -0.25) is 0 Å². The number of carbonyl (C=O) groups is 1. The van der Waals surface area contributed by atoms with Crippen molar-refractivity contribution in [1.82, 2.24) is 4.72 Å². The third-order valence-corrected chi connectivity index (χ3v) is 7.04. The Balaban J connectivity index is 1.54. The summed E-state index contributed by atoms with van der Waals surface area (Å²) in [6.07, 6.45) is 0.344. The summed E-state index contributed by atoms with van der Waals surface area (Å²) in [4.78, 5) is 12.1. The molecule has 0 spiro atoms. The van der Waals surface area contributed by atoms with E-state index in [2.05, 4.69) is 15.4 Å². The third kappa shape index (κ3) is 6.87. The van der Waals surface area contributed by atoms with Crippen molar-refractivity contribution in [2.75, 3.05) is 17.2 Å². The van der Waals surface area contributed by atoms with Gasteiger partial charge in [0.2, 0.25) is 20.0 Å². The molecule has 0 radical (unpaired) electrons. The molecule has 0 heterocycles. The standard InChI is InChI=1S/C22H21N5O5S2/c23-15-17-2-1-3-19(14-17)27-22(28)26-18-6-10-21(11-7-18)34(31,32)25-13-12-16-4-8-20(9-5-16)33(24,29)30/h1-11,14,25H,12-13H2,(H2,24,29,30)(H2,26,27,28). The van der Waals surface area contributed by atoms with Crippen LogP contribution in [0.2, 0.25) is 0 Å². The highest BCUT2D eigenvalue weighted by atomic mass is 32.2. The largest absolute Gasteiger partial charge is 0.323 e. The number of amides is 2. The van der Waals surface area contributed by atoms with E-state index in [1.807, 2.05) is 6.07 Å². The first kappa shape index (κ1) is 24.9. The van der Waals surface area contributed by atoms with Crippen LogP contribution in [-0.4, -0.2) is 29.4 Å². The number of nitriles is 1. The summed E-state index contributed by atoms with van der Waals surface area (Å²) in [6.45, 7) is 0.0984. The highest BCUT2D eigenvalue weighted by molar-refractivity contribution is 7.89. The van der Waals surface area contributed by atoms with E-state index in [1.54, 1.807) is 30.3 Å². The predicted octanol–water partition coefficient (Wildman–Crippen LogP) is 2.37. The molecule has 3 aromatic rings. The van der Waals surface area contributed by atoms with Gasteiger partial charge in [0.25, 0.3) is 0 Å². The minimum Gasteiger partial charge on any atom is -0.308 e. The minimum atomic E-state index is -3.79. The molecule has 0 saturated carbocycles. The van der Waals surface area contributed by atoms with Gasteiger partial charge in [-0.1, -0.05) is 18.2 Å². The summed E-state index contributed by atoms with van der Waals surface area (Å²) in [5, 5.41) is 19.1. The summed E-state index contributed by atoms with van der Waals surface area (Å²) < 4.78 is 50.1. The molecular formula is C22H21N5O5S2. The zero-order valence-electron chi connectivity index (χ0n) is 17.7. The maximum Gasteiger partial charge on any atom is 0.323 e. The number of carbonyl (C=O) groups excluding carboxylic acids is 1. The van der Waals surface area contributed by atoms with Crippen molar-refractivity contribution in [3.8, 4) is 6.07 Å². The maximum absolute atomic E-state index is 12.5. The van der Waals surface area contributed by atoms with Gasteiger partial charge < -0.3 is 10.6 Å². The molecule has 3 rings (SSSR count). The number of primary sulfonamides is 1. The number of anilines is 2. The molecule has 0 aliphatic heterocycles. The van der Waals surface area contributed by atoms with E-state index in [0.29, 0.717) is 23.4 Å². The van der Waals surface area contributed by atoms with Gasteiger partial charge in [0.05, 0.1) is 21.4 Å². The Morgan fingerprint density at radius 3 is 2.09 bits per heavy atom. The van der Waals surface area contributed by atoms with Crippen LogP contribution in [0.25, 0.3) is 0 Å². The van der Waals surface area contributed by atoms with Crippen LogP contribution < -0.4 is 20.5 Å². The fourth-order valence-electron chi connectivity index (χ4n) is 2.94. The van der Waals surface area contributed by atoms with Gasteiger partial charge >= 0.3 is 6.03 Å². The van der Waals surface area contributed by atoms with Crippen LogP contribution in [0, 0.1) is 11.3 Å². The first-order valence-corrected chi connectivity index (χ1v) is 12.9. The number of rotatable bonds is 8. The van der Waals surface area contributed by atoms with Crippen molar-refractivity contribution in [3.63, 3.8) is 0 Å². The van der Waals surface area contributed by atoms with Crippen molar-refractivity contribution in [1.29, 1.82) is 5.26 Å². The van der Waals surface area contributed by atoms with Crippen molar-refractivity contribution in [2.45, 2.75) is 16.2 Å². The van der Waals surface area contributed by atoms with E-state index in [4.69, 9.17) is 10.4 Å². The van der Waals surface area contributed by atoms with E-state index in [0.717, 1.165) is 5.56 Å². The second-order valence-corrected chi connectivity index (χ2v) is 10.5. The molecule has 0 aromatic heterocycles. The molecule has 12 heteroatoms. The lowest BCUT2D eigenvalue weighted by atomic mass is 10.2. The number of nitrogens with one attached hydrogen (secondary N) is 3. The number of urea groups is 1. The zero-order chi connectivity index (χ0) is 24.8. The minimum absolute atomic E-state index is 0.0183. The molecule has 2 amide bonds. The molecule has 0 saturated heterocycles. The van der Waals surface area contributed by atoms with E-state index < -0.39 is 26.1 Å². The first-order chi connectivity index (χ1) is 16.1. The quantitative estimate of drug-likeness (QED) is 0.370. The molecular weight excluding hydrogens is 478 g/mol. The second kappa shape index (κ2) is 10.4. The van der Waals surface area contributed by atoms with Crippen LogP contribution in [0.4, 0.5) is 16.2 Å². The van der Waals surface area contributed by atoms with Gasteiger partial charge in [0.15, 0.2) is 0 Å². The molecule has 3 aromatic carbocycles. The Labute approximate surface area is 197 Å². The molecule has 5 N–H and O–H groups in total. The highest BCUT2D eigenvalue weighted by Crippen LogP contribution is 2.16. The number of benzene rings is 3. The van der Waals surface area contributed by atoms with Gasteiger partial charge in [-0.2, -0.15) is 5.26 Å². The van der Waals surface area contributed by atoms with Crippen molar-refractivity contribution >= 4 is 37.5 Å². The Bertz CT molecular complexity index is 1430. The van der Waals surface area contributed by atoms with Gasteiger partial charge in [0.1, 0.15) is 0 Å². The van der Waals surface area contributed by atoms with Crippen LogP contribution in [0.15, 0.2) is 82.6 Å². The van der Waals surface area contributed by atoms with E-state index in [1.165, 1.54) is 42.5 Å². The van der Waals surface area contributed by atoms with Crippen LogP contribution in [0.5, 0.6) is 0 Å². The molecule has 34 heavy (non-hydrogen) atoms. The van der Waals surface area contributed by atoms with Crippen LogP contribution in [-0.2, 0) is 26.5 Å². The van der Waals surface area contributed by atoms with Crippen LogP contribution in [0.3, 0.4) is 0 Å². The van der Waals surface area contributed by atoms with E-state index >= 15 is 0 Å². The molecule has 0 aliphatic carbocycles. The molecule has 176 valence electrons. The van der Waals surface area contributed by atoms with Crippen LogP contribution >= 0.6 is 0 Å². The Morgan fingerprint density at radius 2 is 1.47 bits per heavy atom. The van der Waals surface area contributed by atoms with E-state index in [-0.39, 0.29) is 16.3 Å². The maximum atomic E-state index is 12.5. The predicted molar refractivity (Wildman–Crippen MR) is 127 cm³/mol. The third-order valence-electron chi connectivity index (χ3n) is 4.63. The Morgan fingerprint density at radius 1 is 0.853 bits per heavy atom. The van der Waals surface area contributed by atoms with Gasteiger partial charge in [-0.15, -0.1) is 0 Å². The fourth-order valence-corrected chi connectivity index (χ4v) is 4.48. The number of nitrogens with zero attached hydrogens (tertiary/aromatic N) is 1. The average Bonchev–Trinajstić information content (AvgIpc) is 2.79. The lowest BCUT2D eigenvalue weighted by molar-refractivity contribution is 0.262. The summed E-state index contributed by atoms with van der Waals surface area (Å²) in [7, 11) is -7.57. The topological polar surface area (TPSA) is 171 Å². The highest BCUT2D eigenvalue weighted by Gasteiger charge is 2.14. The Hall–Kier alpha value is -3.76. The molecule has 0 atom stereocenters. The van der Waals surface area contributed by atoms with Gasteiger partial charge in [0, 0.05) is 17.9 Å².